The quantitative estimate of drug-likeness (QED) is 0.705. The van der Waals surface area contributed by atoms with E-state index in [4.69, 9.17) is 11.5 Å². The van der Waals surface area contributed by atoms with Crippen LogP contribution in [-0.4, -0.2) is 11.7 Å². The average Bonchev–Trinajstić information content (AvgIpc) is 2.09. The van der Waals surface area contributed by atoms with Gasteiger partial charge >= 0.3 is 0 Å². The molecule has 4 heteroatoms. The molecule has 0 radical (unpaired) electrons. The Balaban J connectivity index is 2.91. The van der Waals surface area contributed by atoms with Crippen LogP contribution in [0.5, 0.6) is 0 Å². The number of hydrogen-bond acceptors (Lipinski definition) is 3. The summed E-state index contributed by atoms with van der Waals surface area (Å²) >= 11 is 3.32. The fraction of sp³-hybridized carbons (Fsp3) is 0.333. The zero-order valence-electron chi connectivity index (χ0n) is 7.20. The van der Waals surface area contributed by atoms with Gasteiger partial charge in [-0.05, 0) is 31.2 Å². The fourth-order valence-corrected chi connectivity index (χ4v) is 1.53. The summed E-state index contributed by atoms with van der Waals surface area (Å²) in [5.41, 5.74) is 12.4. The molecule has 0 saturated heterocycles. The van der Waals surface area contributed by atoms with E-state index in [9.17, 15) is 5.11 Å². The summed E-state index contributed by atoms with van der Waals surface area (Å²) in [5.74, 6) is 0. The molecule has 1 unspecified atom stereocenters. The fourth-order valence-electron chi connectivity index (χ4n) is 1.15. The Morgan fingerprint density at radius 1 is 1.46 bits per heavy atom. The van der Waals surface area contributed by atoms with Crippen molar-refractivity contribution in [2.75, 3.05) is 12.3 Å². The predicted octanol–water partition coefficient (Wildman–Crippen LogP) is 1.41. The zero-order valence-corrected chi connectivity index (χ0v) is 8.79. The van der Waals surface area contributed by atoms with Gasteiger partial charge in [-0.3, -0.25) is 0 Å². The first-order valence-corrected chi connectivity index (χ1v) is 4.87. The minimum Gasteiger partial charge on any atom is -0.398 e. The molecular weight excluding hydrogens is 232 g/mol. The first-order chi connectivity index (χ1) is 6.15. The molecule has 0 heterocycles. The predicted molar refractivity (Wildman–Crippen MR) is 57.2 cm³/mol. The van der Waals surface area contributed by atoms with Gasteiger partial charge in [-0.1, -0.05) is 15.9 Å². The summed E-state index contributed by atoms with van der Waals surface area (Å²) in [7, 11) is 0. The van der Waals surface area contributed by atoms with E-state index in [0.717, 1.165) is 10.0 Å². The summed E-state index contributed by atoms with van der Waals surface area (Å²) in [5, 5.41) is 9.64. The van der Waals surface area contributed by atoms with Crippen LogP contribution in [0.1, 0.15) is 18.1 Å². The van der Waals surface area contributed by atoms with Gasteiger partial charge in [-0.25, -0.2) is 0 Å². The lowest BCUT2D eigenvalue weighted by molar-refractivity contribution is 0.171. The number of hydrogen-bond donors (Lipinski definition) is 3. The largest absolute Gasteiger partial charge is 0.398 e. The van der Waals surface area contributed by atoms with E-state index in [1.165, 1.54) is 0 Å². The third kappa shape index (κ3) is 2.69. The Kier molecular flexibility index (Phi) is 3.71. The van der Waals surface area contributed by atoms with Gasteiger partial charge in [0.1, 0.15) is 0 Å². The van der Waals surface area contributed by atoms with Crippen LogP contribution < -0.4 is 11.5 Å². The molecule has 0 aliphatic heterocycles. The van der Waals surface area contributed by atoms with Crippen molar-refractivity contribution in [1.29, 1.82) is 0 Å². The Morgan fingerprint density at radius 2 is 2.15 bits per heavy atom. The lowest BCUT2D eigenvalue weighted by Gasteiger charge is -2.12. The molecule has 1 rings (SSSR count). The lowest BCUT2D eigenvalue weighted by Crippen LogP contribution is -2.08. The molecule has 13 heavy (non-hydrogen) atoms. The number of aliphatic hydroxyl groups excluding tert-OH is 1. The SMILES string of the molecule is NCCC(O)c1cc(Br)ccc1N. The summed E-state index contributed by atoms with van der Waals surface area (Å²) in [6.07, 6.45) is -0.0387. The lowest BCUT2D eigenvalue weighted by atomic mass is 10.1. The molecule has 3 nitrogen and oxygen atoms in total. The van der Waals surface area contributed by atoms with Crippen LogP contribution in [0, 0.1) is 0 Å². The maximum absolute atomic E-state index is 9.64. The Bertz CT molecular complexity index is 291. The number of halogens is 1. The summed E-state index contributed by atoms with van der Waals surface area (Å²) in [4.78, 5) is 0. The summed E-state index contributed by atoms with van der Waals surface area (Å²) in [6.45, 7) is 0.452. The molecule has 0 aromatic heterocycles. The van der Waals surface area contributed by atoms with Crippen LogP contribution in [0.15, 0.2) is 22.7 Å². The highest BCUT2D eigenvalue weighted by molar-refractivity contribution is 9.10. The standard InChI is InChI=1S/C9H13BrN2O/c10-6-1-2-8(12)7(5-6)9(13)3-4-11/h1-2,5,9,13H,3-4,11-12H2. The average molecular weight is 245 g/mol. The van der Waals surface area contributed by atoms with Crippen molar-refractivity contribution in [2.24, 2.45) is 5.73 Å². The first kappa shape index (κ1) is 10.5. The van der Waals surface area contributed by atoms with Gasteiger partial charge in [0.15, 0.2) is 0 Å². The highest BCUT2D eigenvalue weighted by Crippen LogP contribution is 2.25. The van der Waals surface area contributed by atoms with E-state index in [1.807, 2.05) is 12.1 Å². The molecule has 0 bridgehead atoms. The van der Waals surface area contributed by atoms with Crippen LogP contribution in [0.4, 0.5) is 5.69 Å². The van der Waals surface area contributed by atoms with Crippen molar-refractivity contribution in [2.45, 2.75) is 12.5 Å². The maximum atomic E-state index is 9.64. The highest BCUT2D eigenvalue weighted by atomic mass is 79.9. The van der Waals surface area contributed by atoms with E-state index < -0.39 is 6.10 Å². The molecule has 72 valence electrons. The van der Waals surface area contributed by atoms with Crippen molar-refractivity contribution in [3.8, 4) is 0 Å². The van der Waals surface area contributed by atoms with Gasteiger partial charge in [0.2, 0.25) is 0 Å². The number of nitrogen functional groups attached to an aromatic ring is 1. The number of benzene rings is 1. The van der Waals surface area contributed by atoms with Crippen LogP contribution in [-0.2, 0) is 0 Å². The van der Waals surface area contributed by atoms with Gasteiger partial charge in [0.05, 0.1) is 6.10 Å². The van der Waals surface area contributed by atoms with Crippen LogP contribution >= 0.6 is 15.9 Å². The molecule has 1 aromatic carbocycles. The number of rotatable bonds is 3. The minimum atomic E-state index is -0.567. The second kappa shape index (κ2) is 4.60. The second-order valence-corrected chi connectivity index (χ2v) is 3.78. The minimum absolute atomic E-state index is 0.452. The molecule has 0 spiro atoms. The van der Waals surface area contributed by atoms with Crippen molar-refractivity contribution in [3.63, 3.8) is 0 Å². The van der Waals surface area contributed by atoms with Gasteiger partial charge in [-0.15, -0.1) is 0 Å². The van der Waals surface area contributed by atoms with Crippen molar-refractivity contribution in [3.05, 3.63) is 28.2 Å². The number of anilines is 1. The Morgan fingerprint density at radius 3 is 2.77 bits per heavy atom. The molecule has 1 atom stereocenters. The third-order valence-electron chi connectivity index (χ3n) is 1.85. The summed E-state index contributed by atoms with van der Waals surface area (Å²) < 4.78 is 0.910. The van der Waals surface area contributed by atoms with Gasteiger partial charge in [0.25, 0.3) is 0 Å². The van der Waals surface area contributed by atoms with Crippen molar-refractivity contribution >= 4 is 21.6 Å². The third-order valence-corrected chi connectivity index (χ3v) is 2.34. The van der Waals surface area contributed by atoms with E-state index in [2.05, 4.69) is 15.9 Å². The highest BCUT2D eigenvalue weighted by Gasteiger charge is 2.09. The topological polar surface area (TPSA) is 72.3 Å². The van der Waals surface area contributed by atoms with Crippen molar-refractivity contribution in [1.82, 2.24) is 0 Å². The smallest absolute Gasteiger partial charge is 0.0822 e. The first-order valence-electron chi connectivity index (χ1n) is 4.08. The molecule has 1 aromatic rings. The normalized spacial score (nSPS) is 12.8. The number of nitrogens with two attached hydrogens (primary N) is 2. The van der Waals surface area contributed by atoms with Crippen molar-refractivity contribution < 1.29 is 5.11 Å². The van der Waals surface area contributed by atoms with Gasteiger partial charge in [0, 0.05) is 15.7 Å². The van der Waals surface area contributed by atoms with Gasteiger partial charge in [-0.2, -0.15) is 0 Å². The van der Waals surface area contributed by atoms with Crippen LogP contribution in [0.25, 0.3) is 0 Å². The second-order valence-electron chi connectivity index (χ2n) is 2.87. The molecule has 0 fully saturated rings. The van der Waals surface area contributed by atoms with Crippen LogP contribution in [0.2, 0.25) is 0 Å². The Hall–Kier alpha value is -0.580. The molecular formula is C9H13BrN2O. The van der Waals surface area contributed by atoms with Gasteiger partial charge < -0.3 is 16.6 Å². The van der Waals surface area contributed by atoms with E-state index in [-0.39, 0.29) is 0 Å². The molecule has 5 N–H and O–H groups in total. The molecule has 0 aliphatic rings. The Labute approximate surface area is 85.9 Å². The molecule has 0 amide bonds. The van der Waals surface area contributed by atoms with Crippen LogP contribution in [0.3, 0.4) is 0 Å². The number of aliphatic hydroxyl groups is 1. The monoisotopic (exact) mass is 244 g/mol. The zero-order chi connectivity index (χ0) is 9.84. The van der Waals surface area contributed by atoms with E-state index >= 15 is 0 Å². The maximum Gasteiger partial charge on any atom is 0.0822 e. The van der Waals surface area contributed by atoms with E-state index in [0.29, 0.717) is 18.7 Å². The summed E-state index contributed by atoms with van der Waals surface area (Å²) in [6, 6.07) is 5.42. The van der Waals surface area contributed by atoms with E-state index in [1.54, 1.807) is 6.07 Å². The molecule has 0 saturated carbocycles. The molecule has 0 aliphatic carbocycles.